The third kappa shape index (κ3) is 2.43. The minimum Gasteiger partial charge on any atom is -0.350 e. The van der Waals surface area contributed by atoms with Crippen molar-refractivity contribution in [1.29, 1.82) is 0 Å². The zero-order valence-electron chi connectivity index (χ0n) is 10.5. The summed E-state index contributed by atoms with van der Waals surface area (Å²) in [6, 6.07) is 3.85. The van der Waals surface area contributed by atoms with E-state index in [1.165, 1.54) is 6.07 Å². The highest BCUT2D eigenvalue weighted by Crippen LogP contribution is 2.39. The molecule has 1 aliphatic carbocycles. The first kappa shape index (κ1) is 12.1. The number of anilines is 1. The standard InChI is InChI=1S/C13H14F2N4/c1-19-12(9-3-4-9)17-18-13(19)16-7-8-2-5-10(14)11(15)6-8/h2,5-6,9H,3-4,7H2,1H3,(H,16,18). The van der Waals surface area contributed by atoms with Crippen LogP contribution in [0.3, 0.4) is 0 Å². The summed E-state index contributed by atoms with van der Waals surface area (Å²) in [6.07, 6.45) is 2.32. The Morgan fingerprint density at radius 2 is 2.05 bits per heavy atom. The predicted octanol–water partition coefficient (Wildman–Crippen LogP) is 2.58. The maximum absolute atomic E-state index is 13.1. The monoisotopic (exact) mass is 264 g/mol. The molecule has 100 valence electrons. The van der Waals surface area contributed by atoms with Crippen molar-refractivity contribution in [2.24, 2.45) is 7.05 Å². The lowest BCUT2D eigenvalue weighted by Crippen LogP contribution is -2.06. The Hall–Kier alpha value is -1.98. The van der Waals surface area contributed by atoms with E-state index in [0.717, 1.165) is 24.7 Å². The van der Waals surface area contributed by atoms with Crippen molar-refractivity contribution in [3.05, 3.63) is 41.2 Å². The van der Waals surface area contributed by atoms with E-state index in [2.05, 4.69) is 15.5 Å². The van der Waals surface area contributed by atoms with E-state index < -0.39 is 11.6 Å². The van der Waals surface area contributed by atoms with Gasteiger partial charge in [0.15, 0.2) is 11.6 Å². The molecule has 2 aromatic rings. The fraction of sp³-hybridized carbons (Fsp3) is 0.385. The Labute approximate surface area is 109 Å². The summed E-state index contributed by atoms with van der Waals surface area (Å²) in [4.78, 5) is 0. The Morgan fingerprint density at radius 3 is 2.74 bits per heavy atom. The SMILES string of the molecule is Cn1c(NCc2ccc(F)c(F)c2)nnc1C1CC1. The van der Waals surface area contributed by atoms with Crippen molar-refractivity contribution < 1.29 is 8.78 Å². The van der Waals surface area contributed by atoms with Gasteiger partial charge in [-0.2, -0.15) is 0 Å². The quantitative estimate of drug-likeness (QED) is 0.923. The number of rotatable bonds is 4. The van der Waals surface area contributed by atoms with Crippen LogP contribution in [0.15, 0.2) is 18.2 Å². The van der Waals surface area contributed by atoms with Gasteiger partial charge in [-0.1, -0.05) is 6.07 Å². The summed E-state index contributed by atoms with van der Waals surface area (Å²) in [5.41, 5.74) is 0.662. The van der Waals surface area contributed by atoms with Crippen molar-refractivity contribution in [3.63, 3.8) is 0 Å². The van der Waals surface area contributed by atoms with E-state index in [4.69, 9.17) is 0 Å². The summed E-state index contributed by atoms with van der Waals surface area (Å²) in [7, 11) is 1.90. The van der Waals surface area contributed by atoms with Gasteiger partial charge in [0, 0.05) is 19.5 Å². The molecule has 0 saturated heterocycles. The van der Waals surface area contributed by atoms with E-state index in [1.54, 1.807) is 6.07 Å². The summed E-state index contributed by atoms with van der Waals surface area (Å²) >= 11 is 0. The minimum absolute atomic E-state index is 0.383. The summed E-state index contributed by atoms with van der Waals surface area (Å²) in [5.74, 6) is 0.477. The Balaban J connectivity index is 1.70. The molecule has 1 aromatic carbocycles. The number of hydrogen-bond donors (Lipinski definition) is 1. The lowest BCUT2D eigenvalue weighted by Gasteiger charge is -2.06. The van der Waals surface area contributed by atoms with Crippen LogP contribution in [-0.2, 0) is 13.6 Å². The highest BCUT2D eigenvalue weighted by molar-refractivity contribution is 5.30. The number of aromatic nitrogens is 3. The molecule has 1 heterocycles. The van der Waals surface area contributed by atoms with Crippen LogP contribution in [-0.4, -0.2) is 14.8 Å². The van der Waals surface area contributed by atoms with Gasteiger partial charge in [-0.15, -0.1) is 10.2 Å². The molecule has 4 nitrogen and oxygen atoms in total. The van der Waals surface area contributed by atoms with Crippen LogP contribution >= 0.6 is 0 Å². The first-order chi connectivity index (χ1) is 9.15. The largest absolute Gasteiger partial charge is 0.350 e. The number of benzene rings is 1. The van der Waals surface area contributed by atoms with Gasteiger partial charge in [0.2, 0.25) is 5.95 Å². The van der Waals surface area contributed by atoms with Crippen LogP contribution in [0.2, 0.25) is 0 Å². The summed E-state index contributed by atoms with van der Waals surface area (Å²) in [6.45, 7) is 0.383. The van der Waals surface area contributed by atoms with Gasteiger partial charge in [0.25, 0.3) is 0 Å². The van der Waals surface area contributed by atoms with Crippen LogP contribution in [0.4, 0.5) is 14.7 Å². The second-order valence-corrected chi connectivity index (χ2v) is 4.82. The molecule has 0 amide bonds. The number of hydrogen-bond acceptors (Lipinski definition) is 3. The predicted molar refractivity (Wildman–Crippen MR) is 66.7 cm³/mol. The molecule has 0 spiro atoms. The molecule has 0 atom stereocenters. The van der Waals surface area contributed by atoms with E-state index in [1.807, 2.05) is 11.6 Å². The smallest absolute Gasteiger partial charge is 0.224 e. The maximum atomic E-state index is 13.1. The Kier molecular flexibility index (Phi) is 2.93. The molecule has 0 radical (unpaired) electrons. The average Bonchev–Trinajstić information content (AvgIpc) is 3.16. The normalized spacial score (nSPS) is 14.7. The molecule has 1 aliphatic rings. The topological polar surface area (TPSA) is 42.7 Å². The lowest BCUT2D eigenvalue weighted by atomic mass is 10.2. The highest BCUT2D eigenvalue weighted by atomic mass is 19.2. The third-order valence-electron chi connectivity index (χ3n) is 3.29. The first-order valence-electron chi connectivity index (χ1n) is 6.22. The number of halogens is 2. The first-order valence-corrected chi connectivity index (χ1v) is 6.22. The van der Waals surface area contributed by atoms with Crippen LogP contribution in [0.5, 0.6) is 0 Å². The van der Waals surface area contributed by atoms with Gasteiger partial charge in [-0.25, -0.2) is 8.78 Å². The van der Waals surface area contributed by atoms with E-state index in [0.29, 0.717) is 24.0 Å². The summed E-state index contributed by atoms with van der Waals surface area (Å²) in [5, 5.41) is 11.3. The van der Waals surface area contributed by atoms with Gasteiger partial charge in [-0.05, 0) is 30.5 Å². The zero-order valence-corrected chi connectivity index (χ0v) is 10.5. The van der Waals surface area contributed by atoms with E-state index in [9.17, 15) is 8.78 Å². The number of nitrogens with one attached hydrogen (secondary N) is 1. The lowest BCUT2D eigenvalue weighted by molar-refractivity contribution is 0.507. The van der Waals surface area contributed by atoms with Crippen molar-refractivity contribution >= 4 is 5.95 Å². The Morgan fingerprint density at radius 1 is 1.26 bits per heavy atom. The van der Waals surface area contributed by atoms with Crippen molar-refractivity contribution in [3.8, 4) is 0 Å². The average molecular weight is 264 g/mol. The molecule has 19 heavy (non-hydrogen) atoms. The molecule has 0 unspecified atom stereocenters. The van der Waals surface area contributed by atoms with Crippen LogP contribution < -0.4 is 5.32 Å². The molecule has 1 aromatic heterocycles. The van der Waals surface area contributed by atoms with E-state index >= 15 is 0 Å². The van der Waals surface area contributed by atoms with Crippen molar-refractivity contribution in [1.82, 2.24) is 14.8 Å². The molecule has 1 N–H and O–H groups in total. The molecule has 0 aliphatic heterocycles. The molecule has 3 rings (SSSR count). The highest BCUT2D eigenvalue weighted by Gasteiger charge is 2.29. The second kappa shape index (κ2) is 4.60. The van der Waals surface area contributed by atoms with Gasteiger partial charge in [0.05, 0.1) is 0 Å². The molecule has 1 saturated carbocycles. The third-order valence-corrected chi connectivity index (χ3v) is 3.29. The molecule has 0 bridgehead atoms. The Bertz CT molecular complexity index is 605. The van der Waals surface area contributed by atoms with Crippen molar-refractivity contribution in [2.45, 2.75) is 25.3 Å². The van der Waals surface area contributed by atoms with Gasteiger partial charge in [-0.3, -0.25) is 0 Å². The fourth-order valence-corrected chi connectivity index (χ4v) is 2.02. The maximum Gasteiger partial charge on any atom is 0.224 e. The van der Waals surface area contributed by atoms with Gasteiger partial charge >= 0.3 is 0 Å². The van der Waals surface area contributed by atoms with Gasteiger partial charge in [0.1, 0.15) is 5.82 Å². The van der Waals surface area contributed by atoms with E-state index in [-0.39, 0.29) is 0 Å². The molecule has 6 heteroatoms. The molecular weight excluding hydrogens is 250 g/mol. The van der Waals surface area contributed by atoms with Gasteiger partial charge < -0.3 is 9.88 Å². The van der Waals surface area contributed by atoms with Crippen LogP contribution in [0.1, 0.15) is 30.1 Å². The molecular formula is C13H14F2N4. The fourth-order valence-electron chi connectivity index (χ4n) is 2.02. The van der Waals surface area contributed by atoms with Crippen LogP contribution in [0.25, 0.3) is 0 Å². The minimum atomic E-state index is -0.837. The zero-order chi connectivity index (χ0) is 13.4. The second-order valence-electron chi connectivity index (χ2n) is 4.82. The van der Waals surface area contributed by atoms with Crippen molar-refractivity contribution in [2.75, 3.05) is 5.32 Å². The number of nitrogens with zero attached hydrogens (tertiary/aromatic N) is 3. The molecule has 1 fully saturated rings. The summed E-state index contributed by atoms with van der Waals surface area (Å²) < 4.78 is 27.8. The van der Waals surface area contributed by atoms with Crippen LogP contribution in [0, 0.1) is 11.6 Å².